The number of likely N-dealkylation sites (N-methyl/N-ethyl adjacent to an activating group) is 1. The summed E-state index contributed by atoms with van der Waals surface area (Å²) in [7, 11) is 1.77. The molecule has 1 amide bonds. The van der Waals surface area contributed by atoms with Crippen LogP contribution in [0.5, 0.6) is 0 Å². The van der Waals surface area contributed by atoms with Crippen LogP contribution in [0.4, 0.5) is 0 Å². The van der Waals surface area contributed by atoms with Gasteiger partial charge in [-0.05, 0) is 57.4 Å². The summed E-state index contributed by atoms with van der Waals surface area (Å²) in [6.07, 6.45) is 2.13. The quantitative estimate of drug-likeness (QED) is 0.394. The van der Waals surface area contributed by atoms with Crippen LogP contribution in [0.1, 0.15) is 74.7 Å². The van der Waals surface area contributed by atoms with Crippen molar-refractivity contribution >= 4 is 11.9 Å². The molecule has 0 saturated carbocycles. The Bertz CT molecular complexity index is 516. The zero-order valence-corrected chi connectivity index (χ0v) is 19.0. The van der Waals surface area contributed by atoms with Crippen LogP contribution in [0.2, 0.25) is 0 Å². The van der Waals surface area contributed by atoms with Gasteiger partial charge in [-0.15, -0.1) is 0 Å². The van der Waals surface area contributed by atoms with E-state index in [2.05, 4.69) is 51.8 Å². The average Bonchev–Trinajstić information content (AvgIpc) is 2.57. The van der Waals surface area contributed by atoms with E-state index in [-0.39, 0.29) is 47.1 Å². The maximum Gasteiger partial charge on any atom is 0.306 e. The van der Waals surface area contributed by atoms with E-state index in [0.29, 0.717) is 6.61 Å². The van der Waals surface area contributed by atoms with Crippen molar-refractivity contribution in [3.05, 3.63) is 12.2 Å². The van der Waals surface area contributed by atoms with Crippen molar-refractivity contribution in [2.75, 3.05) is 13.7 Å². The Labute approximate surface area is 166 Å². The standard InChI is InChI=1S/C22H42N2O3/c1-11-22(9,15(3)4)14-21(7,8)19(24-20(26)17(6)23-10)16(5)13-18(25)27-12-2/h16-17,19,23H,3,11-14H2,1-2,4-10H3,(H,24,26). The molecular formula is C22H42N2O3. The van der Waals surface area contributed by atoms with Gasteiger partial charge in [-0.25, -0.2) is 0 Å². The molecular weight excluding hydrogens is 340 g/mol. The molecule has 0 aliphatic carbocycles. The topological polar surface area (TPSA) is 67.4 Å². The summed E-state index contributed by atoms with van der Waals surface area (Å²) in [5.41, 5.74) is 0.897. The van der Waals surface area contributed by atoms with Gasteiger partial charge in [0.05, 0.1) is 19.1 Å². The van der Waals surface area contributed by atoms with Gasteiger partial charge >= 0.3 is 5.97 Å². The van der Waals surface area contributed by atoms with Crippen molar-refractivity contribution in [3.8, 4) is 0 Å². The number of amides is 1. The third-order valence-electron chi connectivity index (χ3n) is 5.99. The van der Waals surface area contributed by atoms with Crippen molar-refractivity contribution in [2.45, 2.75) is 86.7 Å². The van der Waals surface area contributed by atoms with E-state index in [1.165, 1.54) is 0 Å². The molecule has 27 heavy (non-hydrogen) atoms. The predicted octanol–water partition coefficient (Wildman–Crippen LogP) is 4.08. The maximum atomic E-state index is 12.6. The van der Waals surface area contributed by atoms with Crippen LogP contribution in [-0.2, 0) is 14.3 Å². The largest absolute Gasteiger partial charge is 0.466 e. The molecule has 0 fully saturated rings. The van der Waals surface area contributed by atoms with Crippen LogP contribution in [0.3, 0.4) is 0 Å². The minimum Gasteiger partial charge on any atom is -0.466 e. The van der Waals surface area contributed by atoms with Gasteiger partial charge in [-0.1, -0.05) is 46.8 Å². The van der Waals surface area contributed by atoms with Gasteiger partial charge < -0.3 is 15.4 Å². The SMILES string of the molecule is C=C(C)C(C)(CC)CC(C)(C)C(NC(=O)C(C)NC)C(C)CC(=O)OCC. The van der Waals surface area contributed by atoms with Gasteiger partial charge in [0.2, 0.25) is 5.91 Å². The minimum atomic E-state index is -0.295. The number of esters is 1. The Hall–Kier alpha value is -1.36. The molecule has 2 N–H and O–H groups in total. The molecule has 158 valence electrons. The van der Waals surface area contributed by atoms with Crippen molar-refractivity contribution < 1.29 is 14.3 Å². The van der Waals surface area contributed by atoms with E-state index in [4.69, 9.17) is 4.74 Å². The molecule has 0 saturated heterocycles. The minimum absolute atomic E-state index is 0.0231. The van der Waals surface area contributed by atoms with Crippen molar-refractivity contribution in [3.63, 3.8) is 0 Å². The summed E-state index contributed by atoms with van der Waals surface area (Å²) in [4.78, 5) is 24.7. The molecule has 5 heteroatoms. The molecule has 0 aromatic rings. The Kier molecular flexibility index (Phi) is 10.3. The van der Waals surface area contributed by atoms with Gasteiger partial charge in [0.1, 0.15) is 0 Å². The lowest BCUT2D eigenvalue weighted by Crippen LogP contribution is -2.54. The fraction of sp³-hybridized carbons (Fsp3) is 0.818. The van der Waals surface area contributed by atoms with Gasteiger partial charge in [0.15, 0.2) is 0 Å². The molecule has 0 aliphatic rings. The smallest absolute Gasteiger partial charge is 0.306 e. The maximum absolute atomic E-state index is 12.6. The zero-order chi connectivity index (χ0) is 21.4. The van der Waals surface area contributed by atoms with Gasteiger partial charge in [0.25, 0.3) is 0 Å². The van der Waals surface area contributed by atoms with Crippen LogP contribution in [0.15, 0.2) is 12.2 Å². The summed E-state index contributed by atoms with van der Waals surface area (Å²) in [6, 6.07) is -0.452. The molecule has 0 radical (unpaired) electrons. The molecule has 4 atom stereocenters. The molecule has 5 nitrogen and oxygen atoms in total. The van der Waals surface area contributed by atoms with Crippen LogP contribution in [-0.4, -0.2) is 37.6 Å². The van der Waals surface area contributed by atoms with Gasteiger partial charge in [-0.3, -0.25) is 9.59 Å². The second-order valence-electron chi connectivity index (χ2n) is 8.84. The first-order chi connectivity index (χ1) is 12.3. The normalized spacial score (nSPS) is 17.4. The molecule has 0 aromatic heterocycles. The first-order valence-electron chi connectivity index (χ1n) is 10.1. The highest BCUT2D eigenvalue weighted by Crippen LogP contribution is 2.44. The van der Waals surface area contributed by atoms with E-state index < -0.39 is 0 Å². The molecule has 0 aliphatic heterocycles. The number of hydrogen-bond acceptors (Lipinski definition) is 4. The van der Waals surface area contributed by atoms with Crippen molar-refractivity contribution in [2.24, 2.45) is 16.7 Å². The lowest BCUT2D eigenvalue weighted by atomic mass is 9.64. The molecule has 0 bridgehead atoms. The average molecular weight is 383 g/mol. The molecule has 0 aromatic carbocycles. The molecule has 0 heterocycles. The van der Waals surface area contributed by atoms with E-state index in [1.54, 1.807) is 14.0 Å². The number of hydrogen-bond donors (Lipinski definition) is 2. The number of allylic oxidation sites excluding steroid dienone is 1. The summed E-state index contributed by atoms with van der Waals surface area (Å²) >= 11 is 0. The lowest BCUT2D eigenvalue weighted by Gasteiger charge is -2.45. The fourth-order valence-electron chi connectivity index (χ4n) is 3.81. The second-order valence-corrected chi connectivity index (χ2v) is 8.84. The summed E-state index contributed by atoms with van der Waals surface area (Å²) < 4.78 is 5.13. The summed E-state index contributed by atoms with van der Waals surface area (Å²) in [6.45, 7) is 21.0. The fourth-order valence-corrected chi connectivity index (χ4v) is 3.81. The highest BCUT2D eigenvalue weighted by molar-refractivity contribution is 5.81. The van der Waals surface area contributed by atoms with Crippen LogP contribution >= 0.6 is 0 Å². The molecule has 0 spiro atoms. The molecule has 0 rings (SSSR count). The first-order valence-corrected chi connectivity index (χ1v) is 10.1. The van der Waals surface area contributed by atoms with Crippen LogP contribution < -0.4 is 10.6 Å². The number of nitrogens with one attached hydrogen (secondary N) is 2. The van der Waals surface area contributed by atoms with E-state index in [0.717, 1.165) is 18.4 Å². The van der Waals surface area contributed by atoms with E-state index in [9.17, 15) is 9.59 Å². The molecule has 4 unspecified atom stereocenters. The number of rotatable bonds is 12. The zero-order valence-electron chi connectivity index (χ0n) is 19.0. The van der Waals surface area contributed by atoms with Crippen LogP contribution in [0.25, 0.3) is 0 Å². The van der Waals surface area contributed by atoms with Gasteiger partial charge in [-0.2, -0.15) is 0 Å². The van der Waals surface area contributed by atoms with E-state index in [1.807, 2.05) is 13.8 Å². The Morgan fingerprint density at radius 1 is 1.15 bits per heavy atom. The number of carbonyl (C=O) groups excluding carboxylic acids is 2. The Morgan fingerprint density at radius 2 is 1.70 bits per heavy atom. The Balaban J connectivity index is 5.67. The number of ether oxygens (including phenoxy) is 1. The van der Waals surface area contributed by atoms with Crippen LogP contribution in [0, 0.1) is 16.7 Å². The lowest BCUT2D eigenvalue weighted by molar-refractivity contribution is -0.145. The third-order valence-corrected chi connectivity index (χ3v) is 5.99. The summed E-state index contributed by atoms with van der Waals surface area (Å²) in [5, 5.41) is 6.18. The van der Waals surface area contributed by atoms with Gasteiger partial charge in [0, 0.05) is 6.04 Å². The monoisotopic (exact) mass is 382 g/mol. The first kappa shape index (κ1) is 25.6. The summed E-state index contributed by atoms with van der Waals surface area (Å²) in [5.74, 6) is -0.321. The van der Waals surface area contributed by atoms with E-state index >= 15 is 0 Å². The van der Waals surface area contributed by atoms with Crippen molar-refractivity contribution in [1.82, 2.24) is 10.6 Å². The van der Waals surface area contributed by atoms with Crippen molar-refractivity contribution in [1.29, 1.82) is 0 Å². The second kappa shape index (κ2) is 10.8. The predicted molar refractivity (Wildman–Crippen MR) is 112 cm³/mol. The number of carbonyl (C=O) groups is 2. The third kappa shape index (κ3) is 7.65. The highest BCUT2D eigenvalue weighted by atomic mass is 16.5. The highest BCUT2D eigenvalue weighted by Gasteiger charge is 2.41. The Morgan fingerprint density at radius 3 is 2.11 bits per heavy atom.